The van der Waals surface area contributed by atoms with E-state index < -0.39 is 10.0 Å². The Bertz CT molecular complexity index is 1310. The molecule has 9 nitrogen and oxygen atoms in total. The third-order valence-electron chi connectivity index (χ3n) is 5.40. The Hall–Kier alpha value is -3.42. The molecule has 0 amide bonds. The van der Waals surface area contributed by atoms with Crippen molar-refractivity contribution < 1.29 is 13.2 Å². The third kappa shape index (κ3) is 5.16. The van der Waals surface area contributed by atoms with E-state index in [0.717, 1.165) is 18.7 Å². The van der Waals surface area contributed by atoms with Gasteiger partial charge in [-0.15, -0.1) is 0 Å². The Labute approximate surface area is 193 Å². The molecule has 1 saturated heterocycles. The van der Waals surface area contributed by atoms with Crippen molar-refractivity contribution in [2.24, 2.45) is 0 Å². The highest BCUT2D eigenvalue weighted by Crippen LogP contribution is 2.30. The van der Waals surface area contributed by atoms with Gasteiger partial charge in [0, 0.05) is 18.8 Å². The summed E-state index contributed by atoms with van der Waals surface area (Å²) in [5.41, 5.74) is 4.17. The van der Waals surface area contributed by atoms with E-state index in [1.165, 1.54) is 0 Å². The Balaban J connectivity index is 1.68. The molecule has 1 fully saturated rings. The molecule has 3 aromatic rings. The summed E-state index contributed by atoms with van der Waals surface area (Å²) in [5, 5.41) is 13.2. The van der Waals surface area contributed by atoms with Crippen molar-refractivity contribution in [1.82, 2.24) is 9.97 Å². The largest absolute Gasteiger partial charge is 0.378 e. The van der Waals surface area contributed by atoms with Crippen molar-refractivity contribution in [3.63, 3.8) is 0 Å². The van der Waals surface area contributed by atoms with Crippen LogP contribution in [0.4, 0.5) is 22.9 Å². The lowest BCUT2D eigenvalue weighted by molar-refractivity contribution is 0.122. The van der Waals surface area contributed by atoms with Gasteiger partial charge in [-0.25, -0.2) is 13.4 Å². The van der Waals surface area contributed by atoms with Crippen LogP contribution in [0.15, 0.2) is 36.5 Å². The molecule has 1 aliphatic heterocycles. The molecular formula is C23H26N6O3S. The number of hydrogen-bond donors (Lipinski definition) is 2. The number of hydrogen-bond acceptors (Lipinski definition) is 8. The standard InChI is InChI=1S/C23H26N6O3S/c1-3-12-33(30,31)28-17-5-4-16(2)21(13-17)26-19-6-7-20-23(18(19)14-24)27-22(15-25-20)29-8-10-32-11-9-29/h4-7,13,15,26,28H,3,8-12H2,1-2H3. The molecule has 0 radical (unpaired) electrons. The summed E-state index contributed by atoms with van der Waals surface area (Å²) < 4.78 is 32.3. The fourth-order valence-corrected chi connectivity index (χ4v) is 4.82. The monoisotopic (exact) mass is 466 g/mol. The van der Waals surface area contributed by atoms with Crippen LogP contribution in [0.2, 0.25) is 0 Å². The maximum absolute atomic E-state index is 12.2. The minimum Gasteiger partial charge on any atom is -0.378 e. The highest BCUT2D eigenvalue weighted by molar-refractivity contribution is 7.92. The zero-order valence-corrected chi connectivity index (χ0v) is 19.4. The van der Waals surface area contributed by atoms with Gasteiger partial charge in [-0.2, -0.15) is 5.26 Å². The summed E-state index contributed by atoms with van der Waals surface area (Å²) in [5.74, 6) is 0.764. The van der Waals surface area contributed by atoms with Crippen molar-refractivity contribution in [1.29, 1.82) is 5.26 Å². The number of sulfonamides is 1. The Morgan fingerprint density at radius 3 is 2.70 bits per heavy atom. The average molecular weight is 467 g/mol. The summed E-state index contributed by atoms with van der Waals surface area (Å²) in [6.07, 6.45) is 2.25. The topological polar surface area (TPSA) is 120 Å². The number of aryl methyl sites for hydroxylation is 1. The quantitative estimate of drug-likeness (QED) is 0.542. The van der Waals surface area contributed by atoms with Crippen LogP contribution in [-0.4, -0.2) is 50.4 Å². The average Bonchev–Trinajstić information content (AvgIpc) is 2.81. The van der Waals surface area contributed by atoms with Crippen LogP contribution in [0, 0.1) is 18.3 Å². The van der Waals surface area contributed by atoms with E-state index in [1.54, 1.807) is 24.4 Å². The first kappa shape index (κ1) is 22.8. The van der Waals surface area contributed by atoms with Gasteiger partial charge in [0.2, 0.25) is 10.0 Å². The van der Waals surface area contributed by atoms with Gasteiger partial charge in [-0.1, -0.05) is 13.0 Å². The molecular weight excluding hydrogens is 440 g/mol. The van der Waals surface area contributed by atoms with Crippen LogP contribution in [0.25, 0.3) is 11.0 Å². The molecule has 2 heterocycles. The molecule has 0 spiro atoms. The molecule has 1 aliphatic rings. The number of benzene rings is 2. The highest BCUT2D eigenvalue weighted by Gasteiger charge is 2.17. The summed E-state index contributed by atoms with van der Waals surface area (Å²) in [6.45, 7) is 6.43. The number of fused-ring (bicyclic) bond motifs is 1. The fraction of sp³-hybridized carbons (Fsp3) is 0.348. The van der Waals surface area contributed by atoms with E-state index >= 15 is 0 Å². The van der Waals surface area contributed by atoms with Gasteiger partial charge in [0.1, 0.15) is 23.0 Å². The van der Waals surface area contributed by atoms with Gasteiger partial charge in [0.05, 0.1) is 42.1 Å². The van der Waals surface area contributed by atoms with Crippen LogP contribution in [-0.2, 0) is 14.8 Å². The van der Waals surface area contributed by atoms with Crippen molar-refractivity contribution in [3.8, 4) is 6.07 Å². The van der Waals surface area contributed by atoms with E-state index in [2.05, 4.69) is 26.0 Å². The van der Waals surface area contributed by atoms with Crippen LogP contribution in [0.5, 0.6) is 0 Å². The second-order valence-electron chi connectivity index (χ2n) is 7.87. The van der Waals surface area contributed by atoms with Crippen molar-refractivity contribution in [2.45, 2.75) is 20.3 Å². The highest BCUT2D eigenvalue weighted by atomic mass is 32.2. The molecule has 4 rings (SSSR count). The molecule has 0 aliphatic carbocycles. The molecule has 0 bridgehead atoms. The summed E-state index contributed by atoms with van der Waals surface area (Å²) in [6, 6.07) is 11.1. The number of aromatic nitrogens is 2. The molecule has 2 aromatic carbocycles. The van der Waals surface area contributed by atoms with Gasteiger partial charge in [0.25, 0.3) is 0 Å². The van der Waals surface area contributed by atoms with E-state index in [1.807, 2.05) is 26.0 Å². The minimum absolute atomic E-state index is 0.0526. The first-order valence-electron chi connectivity index (χ1n) is 10.8. The van der Waals surface area contributed by atoms with Crippen molar-refractivity contribution in [3.05, 3.63) is 47.7 Å². The number of rotatable bonds is 7. The second kappa shape index (κ2) is 9.60. The lowest BCUT2D eigenvalue weighted by atomic mass is 10.1. The fourth-order valence-electron chi connectivity index (χ4n) is 3.69. The third-order valence-corrected chi connectivity index (χ3v) is 6.89. The summed E-state index contributed by atoms with van der Waals surface area (Å²) in [7, 11) is -3.41. The Morgan fingerprint density at radius 2 is 1.97 bits per heavy atom. The molecule has 0 unspecified atom stereocenters. The molecule has 0 atom stereocenters. The van der Waals surface area contributed by atoms with Crippen molar-refractivity contribution in [2.75, 3.05) is 47.0 Å². The van der Waals surface area contributed by atoms with E-state index in [4.69, 9.17) is 9.72 Å². The number of nitrogens with one attached hydrogen (secondary N) is 2. The Morgan fingerprint density at radius 1 is 1.18 bits per heavy atom. The molecule has 10 heteroatoms. The lowest BCUT2D eigenvalue weighted by Crippen LogP contribution is -2.36. The normalized spacial score (nSPS) is 14.2. The van der Waals surface area contributed by atoms with E-state index in [9.17, 15) is 13.7 Å². The first-order chi connectivity index (χ1) is 15.9. The SMILES string of the molecule is CCCS(=O)(=O)Nc1ccc(C)c(Nc2ccc3ncc(N4CCOCC4)nc3c2C#N)c1. The zero-order chi connectivity index (χ0) is 23.4. The van der Waals surface area contributed by atoms with Crippen molar-refractivity contribution >= 4 is 43.9 Å². The molecule has 33 heavy (non-hydrogen) atoms. The van der Waals surface area contributed by atoms with Crippen LogP contribution in [0.3, 0.4) is 0 Å². The van der Waals surface area contributed by atoms with Gasteiger partial charge in [-0.05, 0) is 43.2 Å². The van der Waals surface area contributed by atoms with Gasteiger partial charge in [-0.3, -0.25) is 9.71 Å². The van der Waals surface area contributed by atoms with E-state index in [-0.39, 0.29) is 5.75 Å². The van der Waals surface area contributed by atoms with Gasteiger partial charge >= 0.3 is 0 Å². The Kier molecular flexibility index (Phi) is 6.62. The maximum Gasteiger partial charge on any atom is 0.232 e. The number of ether oxygens (including phenoxy) is 1. The maximum atomic E-state index is 12.2. The first-order valence-corrected chi connectivity index (χ1v) is 12.5. The predicted molar refractivity (Wildman–Crippen MR) is 129 cm³/mol. The molecule has 172 valence electrons. The summed E-state index contributed by atoms with van der Waals surface area (Å²) >= 11 is 0. The molecule has 0 saturated carbocycles. The number of nitrogens with zero attached hydrogens (tertiary/aromatic N) is 4. The molecule has 1 aromatic heterocycles. The predicted octanol–water partition coefficient (Wildman–Crippen LogP) is 3.54. The van der Waals surface area contributed by atoms with Crippen LogP contribution in [0.1, 0.15) is 24.5 Å². The number of anilines is 4. The van der Waals surface area contributed by atoms with Gasteiger partial charge in [0.15, 0.2) is 0 Å². The lowest BCUT2D eigenvalue weighted by Gasteiger charge is -2.27. The van der Waals surface area contributed by atoms with Gasteiger partial charge < -0.3 is 15.0 Å². The second-order valence-corrected chi connectivity index (χ2v) is 9.71. The minimum atomic E-state index is -3.41. The molecule has 2 N–H and O–H groups in total. The van der Waals surface area contributed by atoms with E-state index in [0.29, 0.717) is 59.1 Å². The van der Waals surface area contributed by atoms with Crippen LogP contribution >= 0.6 is 0 Å². The smallest absolute Gasteiger partial charge is 0.232 e. The number of morpholine rings is 1. The zero-order valence-electron chi connectivity index (χ0n) is 18.6. The number of nitriles is 1. The summed E-state index contributed by atoms with van der Waals surface area (Å²) in [4.78, 5) is 11.3. The van der Waals surface area contributed by atoms with Crippen LogP contribution < -0.4 is 14.9 Å².